The van der Waals surface area contributed by atoms with Crippen LogP contribution in [0, 0.1) is 18.8 Å². The van der Waals surface area contributed by atoms with Gasteiger partial charge in [-0.05, 0) is 36.5 Å². The molecule has 6 nitrogen and oxygen atoms in total. The molecule has 0 bridgehead atoms. The normalized spacial score (nSPS) is 12.1. The molecule has 0 spiro atoms. The fraction of sp³-hybridized carbons (Fsp3) is 0.381. The van der Waals surface area contributed by atoms with E-state index in [1.165, 1.54) is 6.07 Å². The van der Waals surface area contributed by atoms with E-state index in [4.69, 9.17) is 15.0 Å². The Balaban J connectivity index is 0.000000307. The highest BCUT2D eigenvalue weighted by Gasteiger charge is 2.19. The summed E-state index contributed by atoms with van der Waals surface area (Å²) in [7, 11) is -4.03. The van der Waals surface area contributed by atoms with Crippen molar-refractivity contribution in [1.29, 1.82) is 0 Å². The van der Waals surface area contributed by atoms with Crippen LogP contribution in [0.25, 0.3) is 0 Å². The molecule has 0 aliphatic heterocycles. The summed E-state index contributed by atoms with van der Waals surface area (Å²) < 4.78 is 35.1. The number of rotatable bonds is 7. The average molecular weight is 408 g/mol. The van der Waals surface area contributed by atoms with Crippen LogP contribution in [0.1, 0.15) is 31.4 Å². The fourth-order valence-corrected chi connectivity index (χ4v) is 3.28. The smallest absolute Gasteiger partial charge is 0.310 e. The fourth-order valence-electron chi connectivity index (χ4n) is 2.55. The Labute approximate surface area is 167 Å². The molecule has 0 amide bonds. The Kier molecular flexibility index (Phi) is 9.85. The molecule has 0 saturated carbocycles. The summed E-state index contributed by atoms with van der Waals surface area (Å²) in [5, 5.41) is 0. The van der Waals surface area contributed by atoms with E-state index >= 15 is 0 Å². The molecule has 1 atom stereocenters. The van der Waals surface area contributed by atoms with Crippen molar-refractivity contribution >= 4 is 16.1 Å². The standard InChI is InChI=1S/C14H21NO2.C7H8O3S/c1-11(2)8-13(9-15)14(16)17-10-12-6-4-3-5-7-12;1-6-4-2-3-5-7(6)11(8,9)10/h3-7,11,13H,8-10,15H2,1-2H3;2-5H,1H3,(H,8,9,10)/t13-;/m1./s1. The minimum atomic E-state index is -4.03. The van der Waals surface area contributed by atoms with Gasteiger partial charge in [-0.25, -0.2) is 0 Å². The highest BCUT2D eigenvalue weighted by Crippen LogP contribution is 2.14. The molecule has 0 aromatic heterocycles. The molecule has 2 rings (SSSR count). The van der Waals surface area contributed by atoms with Crippen LogP contribution in [0.5, 0.6) is 0 Å². The lowest BCUT2D eigenvalue weighted by Crippen LogP contribution is -2.27. The highest BCUT2D eigenvalue weighted by molar-refractivity contribution is 7.85. The first kappa shape index (κ1) is 23.8. The summed E-state index contributed by atoms with van der Waals surface area (Å²) in [5.41, 5.74) is 7.14. The Morgan fingerprint density at radius 2 is 1.64 bits per heavy atom. The van der Waals surface area contributed by atoms with Crippen LogP contribution in [0.3, 0.4) is 0 Å². The molecule has 0 fully saturated rings. The summed E-state index contributed by atoms with van der Waals surface area (Å²) >= 11 is 0. The van der Waals surface area contributed by atoms with Gasteiger partial charge in [-0.1, -0.05) is 62.4 Å². The third kappa shape index (κ3) is 8.65. The topological polar surface area (TPSA) is 107 Å². The van der Waals surface area contributed by atoms with Crippen molar-refractivity contribution in [2.45, 2.75) is 38.7 Å². The van der Waals surface area contributed by atoms with Crippen molar-refractivity contribution in [3.8, 4) is 0 Å². The van der Waals surface area contributed by atoms with Crippen LogP contribution in [0.2, 0.25) is 0 Å². The molecule has 3 N–H and O–H groups in total. The molecule has 28 heavy (non-hydrogen) atoms. The van der Waals surface area contributed by atoms with Crippen molar-refractivity contribution in [2.75, 3.05) is 6.54 Å². The van der Waals surface area contributed by atoms with Gasteiger partial charge in [-0.3, -0.25) is 9.35 Å². The van der Waals surface area contributed by atoms with Crippen LogP contribution < -0.4 is 5.73 Å². The van der Waals surface area contributed by atoms with Gasteiger partial charge in [0.15, 0.2) is 0 Å². The molecule has 154 valence electrons. The molecule has 2 aromatic carbocycles. The molecule has 0 radical (unpaired) electrons. The van der Waals surface area contributed by atoms with Gasteiger partial charge >= 0.3 is 5.97 Å². The molecule has 2 aromatic rings. The maximum Gasteiger partial charge on any atom is 0.310 e. The van der Waals surface area contributed by atoms with Crippen molar-refractivity contribution in [2.24, 2.45) is 17.6 Å². The predicted octanol–water partition coefficient (Wildman–Crippen LogP) is 3.59. The third-order valence-electron chi connectivity index (χ3n) is 3.97. The van der Waals surface area contributed by atoms with E-state index in [2.05, 4.69) is 13.8 Å². The van der Waals surface area contributed by atoms with Gasteiger partial charge in [0.2, 0.25) is 0 Å². The number of hydrogen-bond donors (Lipinski definition) is 2. The maximum atomic E-state index is 11.8. The quantitative estimate of drug-likeness (QED) is 0.536. The minimum absolute atomic E-state index is 0.0278. The van der Waals surface area contributed by atoms with Crippen LogP contribution in [0.4, 0.5) is 0 Å². The van der Waals surface area contributed by atoms with E-state index < -0.39 is 10.1 Å². The zero-order chi connectivity index (χ0) is 21.2. The zero-order valence-corrected chi connectivity index (χ0v) is 17.4. The SMILES string of the molecule is CC(C)C[C@H](CN)C(=O)OCc1ccccc1.Cc1ccccc1S(=O)(=O)O. The number of carbonyl (C=O) groups is 1. The zero-order valence-electron chi connectivity index (χ0n) is 16.5. The van der Waals surface area contributed by atoms with Gasteiger partial charge in [0.1, 0.15) is 6.61 Å². The number of esters is 1. The van der Waals surface area contributed by atoms with E-state index in [0.29, 0.717) is 24.6 Å². The number of ether oxygens (including phenoxy) is 1. The van der Waals surface area contributed by atoms with Crippen LogP contribution >= 0.6 is 0 Å². The van der Waals surface area contributed by atoms with Gasteiger partial charge in [-0.2, -0.15) is 8.42 Å². The summed E-state index contributed by atoms with van der Waals surface area (Å²) in [6.07, 6.45) is 0.782. The monoisotopic (exact) mass is 407 g/mol. The van der Waals surface area contributed by atoms with Crippen LogP contribution in [-0.4, -0.2) is 25.5 Å². The summed E-state index contributed by atoms with van der Waals surface area (Å²) in [4.78, 5) is 11.8. The first-order valence-electron chi connectivity index (χ1n) is 9.08. The molecule has 0 unspecified atom stereocenters. The second kappa shape index (κ2) is 11.6. The minimum Gasteiger partial charge on any atom is -0.461 e. The largest absolute Gasteiger partial charge is 0.461 e. The van der Waals surface area contributed by atoms with Crippen LogP contribution in [0.15, 0.2) is 59.5 Å². The van der Waals surface area contributed by atoms with Crippen molar-refractivity contribution in [3.05, 3.63) is 65.7 Å². The molecular formula is C21H29NO5S. The summed E-state index contributed by atoms with van der Waals surface area (Å²) in [5.74, 6) is 0.0802. The van der Waals surface area contributed by atoms with Gasteiger partial charge < -0.3 is 10.5 Å². The number of nitrogens with two attached hydrogens (primary N) is 1. The number of hydrogen-bond acceptors (Lipinski definition) is 5. The van der Waals surface area contributed by atoms with E-state index in [1.54, 1.807) is 25.1 Å². The lowest BCUT2D eigenvalue weighted by atomic mass is 9.97. The first-order valence-corrected chi connectivity index (χ1v) is 10.5. The number of aryl methyl sites for hydroxylation is 1. The van der Waals surface area contributed by atoms with E-state index in [0.717, 1.165) is 12.0 Å². The second-order valence-corrected chi connectivity index (χ2v) is 8.29. The Morgan fingerprint density at radius 3 is 2.11 bits per heavy atom. The van der Waals surface area contributed by atoms with Gasteiger partial charge in [0.05, 0.1) is 10.8 Å². The summed E-state index contributed by atoms with van der Waals surface area (Å²) in [6, 6.07) is 15.9. The van der Waals surface area contributed by atoms with Gasteiger partial charge in [0, 0.05) is 6.54 Å². The number of carbonyl (C=O) groups excluding carboxylic acids is 1. The molecule has 7 heteroatoms. The molecule has 0 aliphatic rings. The first-order chi connectivity index (χ1) is 13.1. The van der Waals surface area contributed by atoms with Crippen molar-refractivity contribution in [1.82, 2.24) is 0 Å². The lowest BCUT2D eigenvalue weighted by molar-refractivity contribution is -0.150. The second-order valence-electron chi connectivity index (χ2n) is 6.90. The van der Waals surface area contributed by atoms with E-state index in [1.807, 2.05) is 30.3 Å². The Bertz CT molecular complexity index is 835. The molecular weight excluding hydrogens is 378 g/mol. The Hall–Kier alpha value is -2.22. The lowest BCUT2D eigenvalue weighted by Gasteiger charge is -2.15. The van der Waals surface area contributed by atoms with E-state index in [9.17, 15) is 13.2 Å². The third-order valence-corrected chi connectivity index (χ3v) is 4.98. The Morgan fingerprint density at radius 1 is 1.07 bits per heavy atom. The highest BCUT2D eigenvalue weighted by atomic mass is 32.2. The number of benzene rings is 2. The van der Waals surface area contributed by atoms with Crippen molar-refractivity contribution in [3.63, 3.8) is 0 Å². The van der Waals surface area contributed by atoms with Crippen molar-refractivity contribution < 1.29 is 22.5 Å². The molecule has 0 saturated heterocycles. The molecule has 0 heterocycles. The van der Waals surface area contributed by atoms with Gasteiger partial charge in [0.25, 0.3) is 10.1 Å². The predicted molar refractivity (Wildman–Crippen MR) is 109 cm³/mol. The summed E-state index contributed by atoms with van der Waals surface area (Å²) in [6.45, 7) is 6.46. The average Bonchev–Trinajstić information content (AvgIpc) is 2.65. The van der Waals surface area contributed by atoms with E-state index in [-0.39, 0.29) is 16.8 Å². The molecule has 0 aliphatic carbocycles. The van der Waals surface area contributed by atoms with Crippen LogP contribution in [-0.2, 0) is 26.3 Å². The maximum absolute atomic E-state index is 11.8. The van der Waals surface area contributed by atoms with Gasteiger partial charge in [-0.15, -0.1) is 0 Å².